The third-order valence-electron chi connectivity index (χ3n) is 2.65. The highest BCUT2D eigenvalue weighted by molar-refractivity contribution is 5.85. The van der Waals surface area contributed by atoms with E-state index in [4.69, 9.17) is 4.74 Å². The molecule has 4 heteroatoms. The van der Waals surface area contributed by atoms with Gasteiger partial charge >= 0.3 is 0 Å². The number of benzene rings is 1. The van der Waals surface area contributed by atoms with Gasteiger partial charge in [-0.1, -0.05) is 0 Å². The van der Waals surface area contributed by atoms with E-state index in [1.165, 1.54) is 24.3 Å². The van der Waals surface area contributed by atoms with Crippen LogP contribution in [0.25, 0.3) is 0 Å². The average molecular weight is 237 g/mol. The highest BCUT2D eigenvalue weighted by Crippen LogP contribution is 2.22. The molecule has 0 aromatic heterocycles. The Hall–Kier alpha value is -1.58. The molecule has 1 aromatic carbocycles. The molecule has 1 aliphatic rings. The third kappa shape index (κ3) is 3.19. The fourth-order valence-corrected chi connectivity index (χ4v) is 1.43. The van der Waals surface area contributed by atoms with Crippen LogP contribution in [0.5, 0.6) is 5.75 Å². The Kier molecular flexibility index (Phi) is 3.05. The van der Waals surface area contributed by atoms with Gasteiger partial charge in [0.2, 0.25) is 0 Å². The van der Waals surface area contributed by atoms with E-state index in [0.717, 1.165) is 12.8 Å². The SMILES string of the molecule is CC(C)(Oc1ccc(F)cc1)C(=O)NC1CC1. The first-order chi connectivity index (χ1) is 7.97. The van der Waals surface area contributed by atoms with Crippen molar-refractivity contribution in [3.8, 4) is 5.75 Å². The van der Waals surface area contributed by atoms with E-state index >= 15 is 0 Å². The molecule has 1 amide bonds. The molecule has 1 aromatic rings. The van der Waals surface area contributed by atoms with Crippen molar-refractivity contribution >= 4 is 5.91 Å². The predicted octanol–water partition coefficient (Wildman–Crippen LogP) is 2.26. The van der Waals surface area contributed by atoms with Crippen LogP contribution in [0.15, 0.2) is 24.3 Å². The maximum Gasteiger partial charge on any atom is 0.263 e. The van der Waals surface area contributed by atoms with Gasteiger partial charge in [-0.3, -0.25) is 4.79 Å². The van der Waals surface area contributed by atoms with Crippen molar-refractivity contribution in [2.24, 2.45) is 0 Å². The van der Waals surface area contributed by atoms with Gasteiger partial charge in [0.25, 0.3) is 5.91 Å². The van der Waals surface area contributed by atoms with Gasteiger partial charge in [-0.25, -0.2) is 4.39 Å². The highest BCUT2D eigenvalue weighted by atomic mass is 19.1. The molecule has 0 aliphatic heterocycles. The zero-order valence-electron chi connectivity index (χ0n) is 10.00. The van der Waals surface area contributed by atoms with Crippen molar-refractivity contribution < 1.29 is 13.9 Å². The van der Waals surface area contributed by atoms with Crippen LogP contribution in [0.2, 0.25) is 0 Å². The normalized spacial score (nSPS) is 15.5. The van der Waals surface area contributed by atoms with Crippen LogP contribution in [0.1, 0.15) is 26.7 Å². The Balaban J connectivity index is 1.99. The van der Waals surface area contributed by atoms with Gasteiger partial charge in [0.05, 0.1) is 0 Å². The van der Waals surface area contributed by atoms with Crippen molar-refractivity contribution in [2.75, 3.05) is 0 Å². The molecular weight excluding hydrogens is 221 g/mol. The van der Waals surface area contributed by atoms with Gasteiger partial charge in [-0.15, -0.1) is 0 Å². The predicted molar refractivity (Wildman–Crippen MR) is 62.3 cm³/mol. The minimum absolute atomic E-state index is 0.135. The monoisotopic (exact) mass is 237 g/mol. The molecular formula is C13H16FNO2. The van der Waals surface area contributed by atoms with Crippen molar-refractivity contribution in [1.29, 1.82) is 0 Å². The minimum Gasteiger partial charge on any atom is -0.478 e. The number of hydrogen-bond donors (Lipinski definition) is 1. The van der Waals surface area contributed by atoms with E-state index in [0.29, 0.717) is 11.8 Å². The standard InChI is InChI=1S/C13H16FNO2/c1-13(2,12(16)15-10-5-6-10)17-11-7-3-9(14)4-8-11/h3-4,7-8,10H,5-6H2,1-2H3,(H,15,16). The number of ether oxygens (including phenoxy) is 1. The number of halogens is 1. The summed E-state index contributed by atoms with van der Waals surface area (Å²) in [5.74, 6) is 0.0317. The molecule has 1 N–H and O–H groups in total. The largest absolute Gasteiger partial charge is 0.478 e. The third-order valence-corrected chi connectivity index (χ3v) is 2.65. The van der Waals surface area contributed by atoms with E-state index in [-0.39, 0.29) is 11.7 Å². The quantitative estimate of drug-likeness (QED) is 0.872. The van der Waals surface area contributed by atoms with Crippen LogP contribution in [0.4, 0.5) is 4.39 Å². The van der Waals surface area contributed by atoms with Crippen molar-refractivity contribution in [1.82, 2.24) is 5.32 Å². The van der Waals surface area contributed by atoms with E-state index < -0.39 is 5.60 Å². The Morgan fingerprint density at radius 3 is 2.47 bits per heavy atom. The number of carbonyl (C=O) groups is 1. The molecule has 2 rings (SSSR count). The van der Waals surface area contributed by atoms with E-state index in [2.05, 4.69) is 5.32 Å². The maximum absolute atomic E-state index is 12.7. The Morgan fingerprint density at radius 2 is 1.94 bits per heavy atom. The second-order valence-electron chi connectivity index (χ2n) is 4.81. The molecule has 0 spiro atoms. The van der Waals surface area contributed by atoms with Gasteiger partial charge in [0, 0.05) is 6.04 Å². The van der Waals surface area contributed by atoms with Crippen molar-refractivity contribution in [3.63, 3.8) is 0 Å². The first-order valence-electron chi connectivity index (χ1n) is 5.73. The lowest BCUT2D eigenvalue weighted by atomic mass is 10.1. The molecule has 1 fully saturated rings. The number of nitrogens with one attached hydrogen (secondary N) is 1. The second-order valence-corrected chi connectivity index (χ2v) is 4.81. The Labute approximate surface area is 100.0 Å². The fraction of sp³-hybridized carbons (Fsp3) is 0.462. The van der Waals surface area contributed by atoms with E-state index in [9.17, 15) is 9.18 Å². The Bertz CT molecular complexity index is 410. The molecule has 0 unspecified atom stereocenters. The van der Waals surface area contributed by atoms with Crippen LogP contribution < -0.4 is 10.1 Å². The van der Waals surface area contributed by atoms with Gasteiger partial charge < -0.3 is 10.1 Å². The summed E-state index contributed by atoms with van der Waals surface area (Å²) in [6.07, 6.45) is 2.08. The van der Waals surface area contributed by atoms with E-state index in [1.54, 1.807) is 13.8 Å². The molecule has 92 valence electrons. The van der Waals surface area contributed by atoms with Gasteiger partial charge in [-0.2, -0.15) is 0 Å². The van der Waals surface area contributed by atoms with Gasteiger partial charge in [0.1, 0.15) is 11.6 Å². The summed E-state index contributed by atoms with van der Waals surface area (Å²) in [6, 6.07) is 5.95. The zero-order chi connectivity index (χ0) is 12.5. The summed E-state index contributed by atoms with van der Waals surface area (Å²) in [6.45, 7) is 3.40. The summed E-state index contributed by atoms with van der Waals surface area (Å²) in [4.78, 5) is 11.9. The Morgan fingerprint density at radius 1 is 1.35 bits per heavy atom. The molecule has 1 saturated carbocycles. The number of rotatable bonds is 4. The molecule has 1 aliphatic carbocycles. The average Bonchev–Trinajstić information content (AvgIpc) is 3.05. The second kappa shape index (κ2) is 4.35. The van der Waals surface area contributed by atoms with Crippen molar-refractivity contribution in [2.45, 2.75) is 38.3 Å². The van der Waals surface area contributed by atoms with E-state index in [1.807, 2.05) is 0 Å². The molecule has 3 nitrogen and oxygen atoms in total. The lowest BCUT2D eigenvalue weighted by Gasteiger charge is -2.25. The first kappa shape index (κ1) is 11.9. The summed E-state index contributed by atoms with van der Waals surface area (Å²) in [5.41, 5.74) is -0.944. The molecule has 0 atom stereocenters. The molecule has 0 radical (unpaired) electrons. The summed E-state index contributed by atoms with van der Waals surface area (Å²) >= 11 is 0. The minimum atomic E-state index is -0.944. The summed E-state index contributed by atoms with van der Waals surface area (Å²) in [7, 11) is 0. The lowest BCUT2D eigenvalue weighted by Crippen LogP contribution is -2.47. The highest BCUT2D eigenvalue weighted by Gasteiger charge is 2.34. The topological polar surface area (TPSA) is 38.3 Å². The maximum atomic E-state index is 12.7. The summed E-state index contributed by atoms with van der Waals surface area (Å²) < 4.78 is 18.3. The zero-order valence-corrected chi connectivity index (χ0v) is 10.00. The van der Waals surface area contributed by atoms with Crippen LogP contribution in [-0.4, -0.2) is 17.6 Å². The van der Waals surface area contributed by atoms with Crippen LogP contribution in [-0.2, 0) is 4.79 Å². The van der Waals surface area contributed by atoms with Gasteiger partial charge in [-0.05, 0) is 51.0 Å². The number of hydrogen-bond acceptors (Lipinski definition) is 2. The molecule has 0 saturated heterocycles. The fourth-order valence-electron chi connectivity index (χ4n) is 1.43. The lowest BCUT2D eigenvalue weighted by molar-refractivity contribution is -0.134. The first-order valence-corrected chi connectivity index (χ1v) is 5.73. The van der Waals surface area contributed by atoms with Crippen LogP contribution in [0, 0.1) is 5.82 Å². The van der Waals surface area contributed by atoms with Crippen LogP contribution in [0.3, 0.4) is 0 Å². The molecule has 0 heterocycles. The number of carbonyl (C=O) groups excluding carboxylic acids is 1. The van der Waals surface area contributed by atoms with Crippen LogP contribution >= 0.6 is 0 Å². The van der Waals surface area contributed by atoms with Crippen molar-refractivity contribution in [3.05, 3.63) is 30.1 Å². The number of amides is 1. The van der Waals surface area contributed by atoms with Gasteiger partial charge in [0.15, 0.2) is 5.60 Å². The smallest absolute Gasteiger partial charge is 0.263 e. The molecule has 17 heavy (non-hydrogen) atoms. The summed E-state index contributed by atoms with van der Waals surface area (Å²) in [5, 5.41) is 2.89. The molecule has 0 bridgehead atoms.